The summed E-state index contributed by atoms with van der Waals surface area (Å²) >= 11 is 0. The highest BCUT2D eigenvalue weighted by Gasteiger charge is 2.31. The van der Waals surface area contributed by atoms with Crippen LogP contribution in [0.15, 0.2) is 78.0 Å². The van der Waals surface area contributed by atoms with Gasteiger partial charge < -0.3 is 14.5 Å². The summed E-state index contributed by atoms with van der Waals surface area (Å²) in [6, 6.07) is 20.4. The van der Waals surface area contributed by atoms with Gasteiger partial charge in [0.25, 0.3) is 0 Å². The van der Waals surface area contributed by atoms with Crippen LogP contribution in [0.4, 0.5) is 8.78 Å². The van der Waals surface area contributed by atoms with Crippen LogP contribution in [0.1, 0.15) is 42.4 Å². The summed E-state index contributed by atoms with van der Waals surface area (Å²) in [5.41, 5.74) is 2.69. The van der Waals surface area contributed by atoms with Crippen LogP contribution in [0.5, 0.6) is 5.75 Å². The fraction of sp³-hybridized carbons (Fsp3) is 0.286. The second-order valence-corrected chi connectivity index (χ2v) is 8.50. The third-order valence-corrected chi connectivity index (χ3v) is 6.17. The van der Waals surface area contributed by atoms with Gasteiger partial charge in [-0.25, -0.2) is 8.78 Å². The summed E-state index contributed by atoms with van der Waals surface area (Å²) in [6.07, 6.45) is 0.647. The molecule has 0 saturated carbocycles. The maximum absolute atomic E-state index is 14.5. The van der Waals surface area contributed by atoms with Crippen molar-refractivity contribution in [2.75, 3.05) is 13.7 Å². The van der Waals surface area contributed by atoms with E-state index in [1.165, 1.54) is 12.1 Å². The predicted molar refractivity (Wildman–Crippen MR) is 130 cm³/mol. The number of carbonyl (C=O) groups excluding carboxylic acids is 1. The number of rotatable bonds is 9. The van der Waals surface area contributed by atoms with Gasteiger partial charge in [0.05, 0.1) is 25.3 Å². The molecule has 1 aliphatic heterocycles. The lowest BCUT2D eigenvalue weighted by Gasteiger charge is -2.29. The first-order valence-corrected chi connectivity index (χ1v) is 11.6. The molecule has 7 heteroatoms. The fourth-order valence-corrected chi connectivity index (χ4v) is 4.36. The summed E-state index contributed by atoms with van der Waals surface area (Å²) in [4.78, 5) is 21.0. The van der Waals surface area contributed by atoms with Crippen molar-refractivity contribution in [3.8, 4) is 5.75 Å². The van der Waals surface area contributed by atoms with E-state index in [4.69, 9.17) is 9.57 Å². The minimum Gasteiger partial charge on any atom is -0.496 e. The first kappa shape index (κ1) is 24.4. The zero-order valence-electron chi connectivity index (χ0n) is 19.8. The average molecular weight is 479 g/mol. The molecule has 0 saturated heterocycles. The molecule has 0 radical (unpaired) electrons. The van der Waals surface area contributed by atoms with Crippen molar-refractivity contribution in [3.63, 3.8) is 0 Å². The Morgan fingerprint density at radius 3 is 2.57 bits per heavy atom. The molecule has 3 aromatic carbocycles. The number of benzene rings is 3. The number of carbonyl (C=O) groups is 1. The molecule has 0 spiro atoms. The zero-order chi connectivity index (χ0) is 24.8. The molecule has 2 atom stereocenters. The number of oxime groups is 1. The van der Waals surface area contributed by atoms with Crippen LogP contribution >= 0.6 is 0 Å². The molecule has 0 aromatic heterocycles. The van der Waals surface area contributed by atoms with Crippen molar-refractivity contribution in [2.45, 2.75) is 38.3 Å². The third kappa shape index (κ3) is 5.67. The zero-order valence-corrected chi connectivity index (χ0v) is 19.8. The van der Waals surface area contributed by atoms with Crippen LogP contribution < -0.4 is 4.74 Å². The van der Waals surface area contributed by atoms with Gasteiger partial charge in [-0.2, -0.15) is 0 Å². The van der Waals surface area contributed by atoms with Crippen LogP contribution in [-0.4, -0.2) is 36.3 Å². The number of halogens is 2. The number of methoxy groups -OCH3 is 1. The van der Waals surface area contributed by atoms with E-state index < -0.39 is 23.7 Å². The van der Waals surface area contributed by atoms with Gasteiger partial charge in [-0.15, -0.1) is 0 Å². The van der Waals surface area contributed by atoms with E-state index in [1.807, 2.05) is 61.5 Å². The van der Waals surface area contributed by atoms with Crippen LogP contribution in [0.25, 0.3) is 0 Å². The van der Waals surface area contributed by atoms with E-state index in [-0.39, 0.29) is 24.6 Å². The molecule has 35 heavy (non-hydrogen) atoms. The van der Waals surface area contributed by atoms with Gasteiger partial charge in [0, 0.05) is 30.2 Å². The summed E-state index contributed by atoms with van der Waals surface area (Å²) in [7, 11) is 1.60. The molecule has 0 unspecified atom stereocenters. The topological polar surface area (TPSA) is 51.1 Å². The van der Waals surface area contributed by atoms with Crippen molar-refractivity contribution >= 4 is 11.6 Å². The molecular weight excluding hydrogens is 450 g/mol. The first-order valence-electron chi connectivity index (χ1n) is 11.6. The van der Waals surface area contributed by atoms with Crippen molar-refractivity contribution < 1.29 is 23.1 Å². The van der Waals surface area contributed by atoms with Gasteiger partial charge in [-0.1, -0.05) is 60.6 Å². The van der Waals surface area contributed by atoms with Gasteiger partial charge in [-0.05, 0) is 30.2 Å². The average Bonchev–Trinajstić information content (AvgIpc) is 3.34. The van der Waals surface area contributed by atoms with Gasteiger partial charge in [0.15, 0.2) is 6.10 Å². The quantitative estimate of drug-likeness (QED) is 0.397. The number of hydrogen-bond acceptors (Lipinski definition) is 4. The Labute approximate surface area is 204 Å². The van der Waals surface area contributed by atoms with E-state index in [1.54, 1.807) is 12.0 Å². The molecule has 1 amide bonds. The van der Waals surface area contributed by atoms with E-state index >= 15 is 0 Å². The summed E-state index contributed by atoms with van der Waals surface area (Å²) < 4.78 is 33.4. The molecule has 4 rings (SSSR count). The van der Waals surface area contributed by atoms with E-state index in [9.17, 15) is 13.6 Å². The van der Waals surface area contributed by atoms with Gasteiger partial charge in [0.1, 0.15) is 17.4 Å². The lowest BCUT2D eigenvalue weighted by molar-refractivity contribution is -0.135. The Hall–Kier alpha value is -3.74. The minimum atomic E-state index is -0.686. The summed E-state index contributed by atoms with van der Waals surface area (Å²) in [5, 5.41) is 4.24. The summed E-state index contributed by atoms with van der Waals surface area (Å²) in [5.74, 6) is -1.19. The standard InChI is InChI=1S/C28H28F2N2O3/c1-3-23(19-9-5-4-6-10-19)28(33)32(17-20-13-14-21(29)15-25(20)30)18-22-16-26(31-35-22)24-11-7-8-12-27(24)34-2/h4-15,22-23H,3,16-18H2,1-2H3/t22-,23+/m0/s1. The number of para-hydroxylation sites is 1. The SMILES string of the molecule is CC[C@@H](C(=O)N(Cc1ccc(F)cc1F)C[C@@H]1CC(c2ccccc2OC)=NO1)c1ccccc1. The second kappa shape index (κ2) is 11.1. The van der Waals surface area contributed by atoms with Crippen molar-refractivity contribution in [1.82, 2.24) is 4.90 Å². The normalized spacial score (nSPS) is 15.8. The highest BCUT2D eigenvalue weighted by molar-refractivity contribution is 6.03. The van der Waals surface area contributed by atoms with Crippen molar-refractivity contribution in [2.24, 2.45) is 5.16 Å². The molecule has 1 aliphatic rings. The maximum atomic E-state index is 14.5. The van der Waals surface area contributed by atoms with Crippen LogP contribution in [0.3, 0.4) is 0 Å². The molecule has 1 heterocycles. The molecule has 0 fully saturated rings. The molecule has 5 nitrogen and oxygen atoms in total. The van der Waals surface area contributed by atoms with Crippen LogP contribution in [0.2, 0.25) is 0 Å². The van der Waals surface area contributed by atoms with E-state index in [2.05, 4.69) is 5.16 Å². The van der Waals surface area contributed by atoms with Gasteiger partial charge in [-0.3, -0.25) is 4.79 Å². The largest absolute Gasteiger partial charge is 0.496 e. The fourth-order valence-electron chi connectivity index (χ4n) is 4.36. The Kier molecular flexibility index (Phi) is 7.75. The summed E-state index contributed by atoms with van der Waals surface area (Å²) in [6.45, 7) is 2.15. The predicted octanol–water partition coefficient (Wildman–Crippen LogP) is 5.69. The lowest BCUT2D eigenvalue weighted by atomic mass is 9.94. The molecule has 0 bridgehead atoms. The van der Waals surface area contributed by atoms with E-state index in [0.29, 0.717) is 18.6 Å². The van der Waals surface area contributed by atoms with Crippen LogP contribution in [-0.2, 0) is 16.2 Å². The van der Waals surface area contributed by atoms with Crippen LogP contribution in [0, 0.1) is 11.6 Å². The van der Waals surface area contributed by atoms with E-state index in [0.717, 1.165) is 22.9 Å². The van der Waals surface area contributed by atoms with Gasteiger partial charge in [0.2, 0.25) is 5.91 Å². The Morgan fingerprint density at radius 2 is 1.86 bits per heavy atom. The molecule has 182 valence electrons. The minimum absolute atomic E-state index is 0.00185. The Balaban J connectivity index is 1.56. The maximum Gasteiger partial charge on any atom is 0.230 e. The highest BCUT2D eigenvalue weighted by atomic mass is 19.1. The number of ether oxygens (including phenoxy) is 1. The molecular formula is C28H28F2N2O3. The molecule has 0 aliphatic carbocycles. The van der Waals surface area contributed by atoms with Gasteiger partial charge >= 0.3 is 0 Å². The lowest BCUT2D eigenvalue weighted by Crippen LogP contribution is -2.40. The molecule has 0 N–H and O–H groups in total. The number of amides is 1. The Bertz CT molecular complexity index is 1200. The molecule has 3 aromatic rings. The second-order valence-electron chi connectivity index (χ2n) is 8.50. The first-order chi connectivity index (χ1) is 17.0. The Morgan fingerprint density at radius 1 is 1.11 bits per heavy atom. The smallest absolute Gasteiger partial charge is 0.230 e. The number of hydrogen-bond donors (Lipinski definition) is 0. The highest BCUT2D eigenvalue weighted by Crippen LogP contribution is 2.28. The van der Waals surface area contributed by atoms with Crippen molar-refractivity contribution in [1.29, 1.82) is 0 Å². The monoisotopic (exact) mass is 478 g/mol. The third-order valence-electron chi connectivity index (χ3n) is 6.17. The van der Waals surface area contributed by atoms with Crippen molar-refractivity contribution in [3.05, 3.63) is 101 Å². The number of nitrogens with zero attached hydrogens (tertiary/aromatic N) is 2.